The van der Waals surface area contributed by atoms with Crippen LogP contribution in [-0.4, -0.2) is 20.6 Å². The monoisotopic (exact) mass is 208 g/mol. The standard InChI is InChI=1S/C10H12N2O3/c1-6-4-9(13)12-3-2-7(10(14)15)5-8(12)11-6/h4,7H,2-3,5H2,1H3,(H,14,15). The fourth-order valence-electron chi connectivity index (χ4n) is 1.89. The van der Waals surface area contributed by atoms with Crippen LogP contribution in [0.5, 0.6) is 0 Å². The Hall–Kier alpha value is -1.65. The van der Waals surface area contributed by atoms with Gasteiger partial charge >= 0.3 is 5.97 Å². The van der Waals surface area contributed by atoms with E-state index in [1.807, 2.05) is 0 Å². The van der Waals surface area contributed by atoms with Crippen LogP contribution < -0.4 is 5.56 Å². The summed E-state index contributed by atoms with van der Waals surface area (Å²) in [5.74, 6) is -0.616. The van der Waals surface area contributed by atoms with Crippen LogP contribution in [0.2, 0.25) is 0 Å². The second-order valence-corrected chi connectivity index (χ2v) is 3.83. The maximum atomic E-state index is 11.5. The van der Waals surface area contributed by atoms with Gasteiger partial charge in [-0.1, -0.05) is 0 Å². The molecule has 2 rings (SSSR count). The molecule has 1 atom stereocenters. The largest absolute Gasteiger partial charge is 0.481 e. The SMILES string of the molecule is Cc1cc(=O)n2c(n1)CC(C(=O)O)CC2. The van der Waals surface area contributed by atoms with Gasteiger partial charge in [0.25, 0.3) is 5.56 Å². The zero-order valence-electron chi connectivity index (χ0n) is 8.43. The first-order chi connectivity index (χ1) is 7.08. The molecule has 15 heavy (non-hydrogen) atoms. The molecule has 0 radical (unpaired) electrons. The zero-order valence-corrected chi connectivity index (χ0v) is 8.43. The Balaban J connectivity index is 2.41. The maximum absolute atomic E-state index is 11.5. The van der Waals surface area contributed by atoms with Gasteiger partial charge in [-0.25, -0.2) is 4.98 Å². The van der Waals surface area contributed by atoms with Crippen molar-refractivity contribution in [2.75, 3.05) is 0 Å². The summed E-state index contributed by atoms with van der Waals surface area (Å²) in [6.45, 7) is 2.20. The third-order valence-corrected chi connectivity index (χ3v) is 2.69. The Bertz CT molecular complexity index is 464. The van der Waals surface area contributed by atoms with Crippen LogP contribution in [0.25, 0.3) is 0 Å². The summed E-state index contributed by atoms with van der Waals surface area (Å²) in [7, 11) is 0. The number of aryl methyl sites for hydroxylation is 1. The molecule has 0 bridgehead atoms. The topological polar surface area (TPSA) is 72.2 Å². The number of aliphatic carboxylic acids is 1. The molecule has 2 heterocycles. The molecule has 5 heteroatoms. The molecule has 0 saturated carbocycles. The summed E-state index contributed by atoms with van der Waals surface area (Å²) >= 11 is 0. The molecule has 1 unspecified atom stereocenters. The van der Waals surface area contributed by atoms with Gasteiger partial charge in [-0.15, -0.1) is 0 Å². The number of hydrogen-bond donors (Lipinski definition) is 1. The van der Waals surface area contributed by atoms with E-state index >= 15 is 0 Å². The Morgan fingerprint density at radius 1 is 1.67 bits per heavy atom. The lowest BCUT2D eigenvalue weighted by Crippen LogP contribution is -2.34. The van der Waals surface area contributed by atoms with Crippen LogP contribution >= 0.6 is 0 Å². The maximum Gasteiger partial charge on any atom is 0.307 e. The minimum Gasteiger partial charge on any atom is -0.481 e. The van der Waals surface area contributed by atoms with Gasteiger partial charge in [-0.2, -0.15) is 0 Å². The number of nitrogens with zero attached hydrogens (tertiary/aromatic N) is 2. The molecular weight excluding hydrogens is 196 g/mol. The fraction of sp³-hybridized carbons (Fsp3) is 0.500. The average Bonchev–Trinajstić information content (AvgIpc) is 2.16. The van der Waals surface area contributed by atoms with E-state index in [0.717, 1.165) is 0 Å². The first kappa shape index (κ1) is 9.89. The lowest BCUT2D eigenvalue weighted by atomic mass is 9.98. The molecule has 0 aliphatic carbocycles. The lowest BCUT2D eigenvalue weighted by Gasteiger charge is -2.22. The molecule has 1 aliphatic rings. The van der Waals surface area contributed by atoms with Crippen LogP contribution in [0.3, 0.4) is 0 Å². The predicted molar refractivity (Wildman–Crippen MR) is 52.7 cm³/mol. The van der Waals surface area contributed by atoms with E-state index in [9.17, 15) is 9.59 Å². The first-order valence-electron chi connectivity index (χ1n) is 4.88. The minimum atomic E-state index is -0.808. The molecule has 0 amide bonds. The van der Waals surface area contributed by atoms with E-state index in [-0.39, 0.29) is 5.56 Å². The highest BCUT2D eigenvalue weighted by Gasteiger charge is 2.25. The molecular formula is C10H12N2O3. The van der Waals surface area contributed by atoms with Gasteiger partial charge in [0.15, 0.2) is 0 Å². The number of aromatic nitrogens is 2. The summed E-state index contributed by atoms with van der Waals surface area (Å²) in [5.41, 5.74) is 0.568. The summed E-state index contributed by atoms with van der Waals surface area (Å²) in [6.07, 6.45) is 0.860. The second-order valence-electron chi connectivity index (χ2n) is 3.83. The van der Waals surface area contributed by atoms with Gasteiger partial charge in [0, 0.05) is 24.7 Å². The van der Waals surface area contributed by atoms with E-state index in [0.29, 0.717) is 30.9 Å². The molecule has 1 aromatic heterocycles. The normalized spacial score (nSPS) is 19.7. The first-order valence-corrected chi connectivity index (χ1v) is 4.88. The predicted octanol–water partition coefficient (Wildman–Crippen LogP) is 0.199. The van der Waals surface area contributed by atoms with Crippen molar-refractivity contribution < 1.29 is 9.90 Å². The molecule has 80 valence electrons. The van der Waals surface area contributed by atoms with Crippen LogP contribution in [-0.2, 0) is 17.8 Å². The third kappa shape index (κ3) is 1.77. The van der Waals surface area contributed by atoms with Gasteiger partial charge in [-0.05, 0) is 13.3 Å². The fourth-order valence-corrected chi connectivity index (χ4v) is 1.89. The van der Waals surface area contributed by atoms with E-state index < -0.39 is 11.9 Å². The van der Waals surface area contributed by atoms with Crippen LogP contribution in [0.4, 0.5) is 0 Å². The highest BCUT2D eigenvalue weighted by molar-refractivity contribution is 5.70. The quantitative estimate of drug-likeness (QED) is 0.715. The van der Waals surface area contributed by atoms with E-state index in [2.05, 4.69) is 4.98 Å². The van der Waals surface area contributed by atoms with Crippen LogP contribution in [0, 0.1) is 12.8 Å². The smallest absolute Gasteiger partial charge is 0.307 e. The summed E-state index contributed by atoms with van der Waals surface area (Å²) < 4.78 is 1.56. The van der Waals surface area contributed by atoms with Gasteiger partial charge in [0.05, 0.1) is 5.92 Å². The number of hydrogen-bond acceptors (Lipinski definition) is 3. The van der Waals surface area contributed by atoms with Gasteiger partial charge in [0.2, 0.25) is 0 Å². The molecule has 1 N–H and O–H groups in total. The highest BCUT2D eigenvalue weighted by atomic mass is 16.4. The summed E-state index contributed by atoms with van der Waals surface area (Å²) in [5, 5.41) is 8.89. The summed E-state index contributed by atoms with van der Waals surface area (Å²) in [4.78, 5) is 26.6. The molecule has 0 saturated heterocycles. The van der Waals surface area contributed by atoms with Crippen molar-refractivity contribution in [3.63, 3.8) is 0 Å². The number of rotatable bonds is 1. The molecule has 1 aromatic rings. The van der Waals surface area contributed by atoms with Crippen molar-refractivity contribution in [3.8, 4) is 0 Å². The summed E-state index contributed by atoms with van der Waals surface area (Å²) in [6, 6.07) is 1.48. The van der Waals surface area contributed by atoms with Crippen molar-refractivity contribution in [1.82, 2.24) is 9.55 Å². The van der Waals surface area contributed by atoms with Crippen molar-refractivity contribution >= 4 is 5.97 Å². The van der Waals surface area contributed by atoms with Crippen molar-refractivity contribution in [2.24, 2.45) is 5.92 Å². The van der Waals surface area contributed by atoms with Crippen LogP contribution in [0.1, 0.15) is 17.9 Å². The number of carboxylic acid groups (broad SMARTS) is 1. The van der Waals surface area contributed by atoms with E-state index in [1.54, 1.807) is 11.5 Å². The Labute approximate surface area is 86.4 Å². The molecule has 1 aliphatic heterocycles. The minimum absolute atomic E-state index is 0.0821. The van der Waals surface area contributed by atoms with Gasteiger partial charge in [0.1, 0.15) is 5.82 Å². The molecule has 5 nitrogen and oxygen atoms in total. The Morgan fingerprint density at radius 2 is 2.40 bits per heavy atom. The molecule has 0 aromatic carbocycles. The average molecular weight is 208 g/mol. The zero-order chi connectivity index (χ0) is 11.0. The van der Waals surface area contributed by atoms with Crippen molar-refractivity contribution in [3.05, 3.63) is 27.9 Å². The van der Waals surface area contributed by atoms with E-state index in [4.69, 9.17) is 5.11 Å². The van der Waals surface area contributed by atoms with Crippen molar-refractivity contribution in [2.45, 2.75) is 26.3 Å². The second kappa shape index (κ2) is 3.49. The highest BCUT2D eigenvalue weighted by Crippen LogP contribution is 2.17. The van der Waals surface area contributed by atoms with E-state index in [1.165, 1.54) is 6.07 Å². The van der Waals surface area contributed by atoms with Crippen LogP contribution in [0.15, 0.2) is 10.9 Å². The van der Waals surface area contributed by atoms with Crippen molar-refractivity contribution in [1.29, 1.82) is 0 Å². The molecule has 0 fully saturated rings. The van der Waals surface area contributed by atoms with Gasteiger partial charge < -0.3 is 5.11 Å². The Kier molecular flexibility index (Phi) is 2.30. The van der Waals surface area contributed by atoms with Gasteiger partial charge in [-0.3, -0.25) is 14.2 Å². The molecule has 0 spiro atoms. The number of carbonyl (C=O) groups is 1. The third-order valence-electron chi connectivity index (χ3n) is 2.69. The number of carboxylic acids is 1. The number of fused-ring (bicyclic) bond motifs is 1. The Morgan fingerprint density at radius 3 is 3.07 bits per heavy atom. The lowest BCUT2D eigenvalue weighted by molar-refractivity contribution is -0.142.